The summed E-state index contributed by atoms with van der Waals surface area (Å²) in [5, 5.41) is 0. The highest BCUT2D eigenvalue weighted by Crippen LogP contribution is 2.14. The Kier molecular flexibility index (Phi) is 3.43. The summed E-state index contributed by atoms with van der Waals surface area (Å²) < 4.78 is 0. The van der Waals surface area contributed by atoms with Crippen molar-refractivity contribution in [1.82, 2.24) is 9.88 Å². The molecule has 1 aromatic heterocycles. The summed E-state index contributed by atoms with van der Waals surface area (Å²) in [5.41, 5.74) is 8.39. The number of pyridine rings is 1. The second-order valence-corrected chi connectivity index (χ2v) is 4.79. The summed E-state index contributed by atoms with van der Waals surface area (Å²) in [7, 11) is 0. The van der Waals surface area contributed by atoms with E-state index in [1.54, 1.807) is 0 Å². The fraction of sp³-hybridized carbons (Fsp3) is 0.538. The van der Waals surface area contributed by atoms with Gasteiger partial charge in [0.2, 0.25) is 0 Å². The van der Waals surface area contributed by atoms with E-state index in [1.807, 2.05) is 30.9 Å². The zero-order valence-corrected chi connectivity index (χ0v) is 10.4. The van der Waals surface area contributed by atoms with Gasteiger partial charge in [0.1, 0.15) is 0 Å². The van der Waals surface area contributed by atoms with E-state index < -0.39 is 0 Å². The van der Waals surface area contributed by atoms with Crippen molar-refractivity contribution in [1.29, 1.82) is 0 Å². The summed E-state index contributed by atoms with van der Waals surface area (Å²) in [5.74, 6) is 0.0775. The van der Waals surface area contributed by atoms with Gasteiger partial charge < -0.3 is 10.6 Å². The van der Waals surface area contributed by atoms with Crippen LogP contribution in [0.3, 0.4) is 0 Å². The Morgan fingerprint density at radius 2 is 2.06 bits per heavy atom. The van der Waals surface area contributed by atoms with E-state index in [-0.39, 0.29) is 11.9 Å². The summed E-state index contributed by atoms with van der Waals surface area (Å²) in [6.45, 7) is 5.30. The molecule has 0 radical (unpaired) electrons. The average Bonchev–Trinajstić information content (AvgIpc) is 2.26. The molecule has 0 bridgehead atoms. The minimum atomic E-state index is 0.0775. The molecule has 92 valence electrons. The fourth-order valence-electron chi connectivity index (χ4n) is 2.33. The van der Waals surface area contributed by atoms with Gasteiger partial charge in [-0.05, 0) is 38.8 Å². The van der Waals surface area contributed by atoms with Gasteiger partial charge in [0, 0.05) is 36.1 Å². The molecule has 2 rings (SSSR count). The molecule has 2 heterocycles. The van der Waals surface area contributed by atoms with Crippen molar-refractivity contribution in [3.8, 4) is 0 Å². The van der Waals surface area contributed by atoms with E-state index in [0.29, 0.717) is 6.54 Å². The Labute approximate surface area is 102 Å². The van der Waals surface area contributed by atoms with Crippen molar-refractivity contribution in [3.63, 3.8) is 0 Å². The van der Waals surface area contributed by atoms with Crippen LogP contribution in [0.15, 0.2) is 12.1 Å². The predicted octanol–water partition coefficient (Wildman–Crippen LogP) is 1.26. The summed E-state index contributed by atoms with van der Waals surface area (Å²) in [6, 6.07) is 3.81. The van der Waals surface area contributed by atoms with Crippen LogP contribution in [0.4, 0.5) is 0 Å². The highest BCUT2D eigenvalue weighted by molar-refractivity contribution is 5.94. The van der Waals surface area contributed by atoms with Gasteiger partial charge in [0.05, 0.1) is 0 Å². The van der Waals surface area contributed by atoms with Crippen LogP contribution in [-0.4, -0.2) is 34.9 Å². The summed E-state index contributed by atoms with van der Waals surface area (Å²) in [4.78, 5) is 18.4. The monoisotopic (exact) mass is 233 g/mol. The Balaban J connectivity index is 2.18. The first-order valence-electron chi connectivity index (χ1n) is 6.06. The molecule has 4 heteroatoms. The number of carbonyl (C=O) groups excluding carboxylic acids is 1. The standard InChI is InChI=1S/C13H19N3O/c1-9-6-11(7-10(2)15-9)13(17)16-5-3-4-12(14)8-16/h6-7,12H,3-5,8,14H2,1-2H3. The molecule has 4 nitrogen and oxygen atoms in total. The van der Waals surface area contributed by atoms with Gasteiger partial charge in [-0.15, -0.1) is 0 Å². The first-order chi connectivity index (χ1) is 8.06. The van der Waals surface area contributed by atoms with E-state index in [1.165, 1.54) is 0 Å². The van der Waals surface area contributed by atoms with Gasteiger partial charge in [-0.25, -0.2) is 0 Å². The van der Waals surface area contributed by atoms with Crippen molar-refractivity contribution in [3.05, 3.63) is 29.1 Å². The van der Waals surface area contributed by atoms with Gasteiger partial charge in [-0.2, -0.15) is 0 Å². The number of hydrogen-bond acceptors (Lipinski definition) is 3. The topological polar surface area (TPSA) is 59.2 Å². The largest absolute Gasteiger partial charge is 0.337 e. The molecule has 0 saturated carbocycles. The van der Waals surface area contributed by atoms with E-state index in [9.17, 15) is 4.79 Å². The maximum atomic E-state index is 12.3. The quantitative estimate of drug-likeness (QED) is 0.794. The molecule has 0 spiro atoms. The zero-order chi connectivity index (χ0) is 12.4. The van der Waals surface area contributed by atoms with Crippen molar-refractivity contribution in [2.75, 3.05) is 13.1 Å². The number of rotatable bonds is 1. The van der Waals surface area contributed by atoms with Crippen molar-refractivity contribution >= 4 is 5.91 Å². The predicted molar refractivity (Wildman–Crippen MR) is 66.8 cm³/mol. The number of amides is 1. The lowest BCUT2D eigenvalue weighted by molar-refractivity contribution is 0.0708. The van der Waals surface area contributed by atoms with Gasteiger partial charge in [0.25, 0.3) is 5.91 Å². The Morgan fingerprint density at radius 1 is 1.41 bits per heavy atom. The first kappa shape index (κ1) is 12.0. The van der Waals surface area contributed by atoms with Crippen LogP contribution in [0.1, 0.15) is 34.6 Å². The van der Waals surface area contributed by atoms with Crippen molar-refractivity contribution < 1.29 is 4.79 Å². The van der Waals surface area contributed by atoms with E-state index >= 15 is 0 Å². The maximum Gasteiger partial charge on any atom is 0.254 e. The molecular formula is C13H19N3O. The lowest BCUT2D eigenvalue weighted by atomic mass is 10.1. The smallest absolute Gasteiger partial charge is 0.254 e. The van der Waals surface area contributed by atoms with Gasteiger partial charge >= 0.3 is 0 Å². The van der Waals surface area contributed by atoms with E-state index in [4.69, 9.17) is 5.73 Å². The lowest BCUT2D eigenvalue weighted by Gasteiger charge is -2.30. The van der Waals surface area contributed by atoms with Gasteiger partial charge in [-0.1, -0.05) is 0 Å². The molecule has 1 aliphatic heterocycles. The number of likely N-dealkylation sites (tertiary alicyclic amines) is 1. The Hall–Kier alpha value is -1.42. The molecule has 1 amide bonds. The molecule has 1 aromatic rings. The molecule has 0 aliphatic carbocycles. The molecule has 17 heavy (non-hydrogen) atoms. The molecule has 1 fully saturated rings. The van der Waals surface area contributed by atoms with E-state index in [0.717, 1.165) is 36.3 Å². The minimum absolute atomic E-state index is 0.0775. The fourth-order valence-corrected chi connectivity index (χ4v) is 2.33. The lowest BCUT2D eigenvalue weighted by Crippen LogP contribution is -2.45. The number of carbonyl (C=O) groups is 1. The number of aromatic nitrogens is 1. The number of nitrogens with two attached hydrogens (primary N) is 1. The van der Waals surface area contributed by atoms with Crippen LogP contribution >= 0.6 is 0 Å². The molecule has 1 aliphatic rings. The maximum absolute atomic E-state index is 12.3. The van der Waals surface area contributed by atoms with Crippen LogP contribution in [0.25, 0.3) is 0 Å². The summed E-state index contributed by atoms with van der Waals surface area (Å²) >= 11 is 0. The Bertz CT molecular complexity index is 410. The number of hydrogen-bond donors (Lipinski definition) is 1. The van der Waals surface area contributed by atoms with Crippen LogP contribution in [-0.2, 0) is 0 Å². The molecule has 2 N–H and O–H groups in total. The van der Waals surface area contributed by atoms with Crippen LogP contribution < -0.4 is 5.73 Å². The second kappa shape index (κ2) is 4.84. The molecular weight excluding hydrogens is 214 g/mol. The minimum Gasteiger partial charge on any atom is -0.337 e. The zero-order valence-electron chi connectivity index (χ0n) is 10.4. The van der Waals surface area contributed by atoms with Crippen molar-refractivity contribution in [2.45, 2.75) is 32.7 Å². The number of aryl methyl sites for hydroxylation is 2. The van der Waals surface area contributed by atoms with Gasteiger partial charge in [0.15, 0.2) is 0 Å². The second-order valence-electron chi connectivity index (χ2n) is 4.79. The van der Waals surface area contributed by atoms with Crippen LogP contribution in [0, 0.1) is 13.8 Å². The highest BCUT2D eigenvalue weighted by atomic mass is 16.2. The van der Waals surface area contributed by atoms with Crippen molar-refractivity contribution in [2.24, 2.45) is 5.73 Å². The average molecular weight is 233 g/mol. The third-order valence-electron chi connectivity index (χ3n) is 3.07. The Morgan fingerprint density at radius 3 is 2.65 bits per heavy atom. The molecule has 1 saturated heterocycles. The van der Waals surface area contributed by atoms with Crippen LogP contribution in [0.5, 0.6) is 0 Å². The molecule has 1 atom stereocenters. The normalized spacial score (nSPS) is 20.4. The van der Waals surface area contributed by atoms with E-state index in [2.05, 4.69) is 4.98 Å². The highest BCUT2D eigenvalue weighted by Gasteiger charge is 2.22. The third kappa shape index (κ3) is 2.82. The van der Waals surface area contributed by atoms with Crippen LogP contribution in [0.2, 0.25) is 0 Å². The SMILES string of the molecule is Cc1cc(C(=O)N2CCCC(N)C2)cc(C)n1. The number of nitrogens with zero attached hydrogens (tertiary/aromatic N) is 2. The summed E-state index contributed by atoms with van der Waals surface area (Å²) in [6.07, 6.45) is 2.01. The first-order valence-corrected chi connectivity index (χ1v) is 6.06. The number of piperidine rings is 1. The van der Waals surface area contributed by atoms with Gasteiger partial charge in [-0.3, -0.25) is 9.78 Å². The molecule has 0 aromatic carbocycles. The third-order valence-corrected chi connectivity index (χ3v) is 3.07. The molecule has 1 unspecified atom stereocenters.